The second kappa shape index (κ2) is 7.96. The molecule has 0 radical (unpaired) electrons. The number of hydrogen-bond acceptors (Lipinski definition) is 3. The van der Waals surface area contributed by atoms with Crippen LogP contribution in [0.1, 0.15) is 39.0 Å². The molecule has 0 fully saturated rings. The first kappa shape index (κ1) is 16.5. The highest BCUT2D eigenvalue weighted by molar-refractivity contribution is 5.95. The Bertz CT molecular complexity index is 485. The van der Waals surface area contributed by atoms with Crippen molar-refractivity contribution in [2.45, 2.75) is 39.0 Å². The van der Waals surface area contributed by atoms with Crippen molar-refractivity contribution < 1.29 is 18.9 Å². The maximum atomic E-state index is 12.4. The van der Waals surface area contributed by atoms with Gasteiger partial charge in [-0.2, -0.15) is 4.90 Å². The van der Waals surface area contributed by atoms with Crippen LogP contribution in [-0.4, -0.2) is 60.1 Å². The lowest BCUT2D eigenvalue weighted by atomic mass is 10.2. The molecule has 0 bridgehead atoms. The number of urea groups is 1. The molecule has 0 unspecified atom stereocenters. The lowest BCUT2D eigenvalue weighted by Crippen LogP contribution is -2.51. The van der Waals surface area contributed by atoms with Crippen LogP contribution in [0, 0.1) is 0 Å². The van der Waals surface area contributed by atoms with Crippen LogP contribution in [0.15, 0.2) is 12.2 Å². The Morgan fingerprint density at radius 1 is 1.27 bits per heavy atom. The number of rotatable bonds is 4. The van der Waals surface area contributed by atoms with Gasteiger partial charge in [0.2, 0.25) is 0 Å². The van der Waals surface area contributed by atoms with E-state index >= 15 is 0 Å². The molecule has 6 heteroatoms. The maximum absolute atomic E-state index is 12.4. The lowest BCUT2D eigenvalue weighted by molar-refractivity contribution is -0.537. The number of amidine groups is 1. The normalized spacial score (nSPS) is 18.3. The molecule has 0 spiro atoms. The van der Waals surface area contributed by atoms with Gasteiger partial charge in [0.1, 0.15) is 6.61 Å². The minimum Gasteiger partial charge on any atom is -0.460 e. The van der Waals surface area contributed by atoms with Crippen LogP contribution in [0.2, 0.25) is 0 Å². The quantitative estimate of drug-likeness (QED) is 0.370. The third-order valence-electron chi connectivity index (χ3n) is 4.02. The number of carbonyl (C=O) groups excluding carboxylic acids is 2. The molecule has 2 aliphatic heterocycles. The molecule has 0 aromatic carbocycles. The van der Waals surface area contributed by atoms with E-state index in [-0.39, 0.29) is 12.6 Å². The van der Waals surface area contributed by atoms with Crippen molar-refractivity contribution in [3.8, 4) is 0 Å². The van der Waals surface area contributed by atoms with Gasteiger partial charge in [-0.1, -0.05) is 6.58 Å². The average Bonchev–Trinajstić information content (AvgIpc) is 2.75. The van der Waals surface area contributed by atoms with Gasteiger partial charge in [-0.25, -0.2) is 9.59 Å². The fourth-order valence-corrected chi connectivity index (χ4v) is 2.88. The van der Waals surface area contributed by atoms with E-state index < -0.39 is 5.97 Å². The van der Waals surface area contributed by atoms with Crippen molar-refractivity contribution in [1.29, 1.82) is 0 Å². The zero-order chi connectivity index (χ0) is 15.9. The van der Waals surface area contributed by atoms with E-state index in [0.29, 0.717) is 12.1 Å². The summed E-state index contributed by atoms with van der Waals surface area (Å²) >= 11 is 0. The predicted molar refractivity (Wildman–Crippen MR) is 84.0 cm³/mol. The molecule has 2 amide bonds. The topological polar surface area (TPSA) is 61.6 Å². The first-order valence-corrected chi connectivity index (χ1v) is 8.08. The van der Waals surface area contributed by atoms with Crippen LogP contribution < -0.4 is 5.32 Å². The summed E-state index contributed by atoms with van der Waals surface area (Å²) in [6, 6.07) is -0.0898. The van der Waals surface area contributed by atoms with Gasteiger partial charge in [0, 0.05) is 18.4 Å². The molecule has 2 heterocycles. The molecule has 122 valence electrons. The Balaban J connectivity index is 1.83. The largest absolute Gasteiger partial charge is 0.460 e. The van der Waals surface area contributed by atoms with Crippen LogP contribution in [0.5, 0.6) is 0 Å². The Labute approximate surface area is 131 Å². The third-order valence-corrected chi connectivity index (χ3v) is 4.02. The van der Waals surface area contributed by atoms with E-state index in [1.54, 1.807) is 6.92 Å². The zero-order valence-electron chi connectivity index (χ0n) is 13.4. The van der Waals surface area contributed by atoms with Crippen molar-refractivity contribution in [1.82, 2.24) is 10.2 Å². The van der Waals surface area contributed by atoms with Crippen molar-refractivity contribution in [3.63, 3.8) is 0 Å². The highest BCUT2D eigenvalue weighted by atomic mass is 16.5. The summed E-state index contributed by atoms with van der Waals surface area (Å²) in [7, 11) is 0. The number of hydrogen-bond donors (Lipinski definition) is 1. The van der Waals surface area contributed by atoms with Crippen molar-refractivity contribution in [3.05, 3.63) is 12.2 Å². The Hall–Kier alpha value is -1.85. The van der Waals surface area contributed by atoms with Gasteiger partial charge < -0.3 is 10.1 Å². The molecule has 2 aliphatic rings. The SMILES string of the molecule is C=C(C)C(=O)OCCNC(=O)N1CCC[N+]2=C1CCCCC2. The van der Waals surface area contributed by atoms with Crippen molar-refractivity contribution in [2.24, 2.45) is 0 Å². The highest BCUT2D eigenvalue weighted by Crippen LogP contribution is 2.14. The summed E-state index contributed by atoms with van der Waals surface area (Å²) in [5.41, 5.74) is 0.368. The fourth-order valence-electron chi connectivity index (χ4n) is 2.88. The number of carbonyl (C=O) groups is 2. The molecule has 0 saturated heterocycles. The zero-order valence-corrected chi connectivity index (χ0v) is 13.4. The smallest absolute Gasteiger partial charge is 0.408 e. The van der Waals surface area contributed by atoms with Crippen LogP contribution in [-0.2, 0) is 9.53 Å². The molecule has 0 aromatic rings. The summed E-state index contributed by atoms with van der Waals surface area (Å²) < 4.78 is 7.32. The molecular formula is C16H26N3O3+. The van der Waals surface area contributed by atoms with Crippen LogP contribution in [0.4, 0.5) is 4.79 Å². The van der Waals surface area contributed by atoms with Gasteiger partial charge in [0.05, 0.1) is 26.2 Å². The summed E-state index contributed by atoms with van der Waals surface area (Å²) in [6.07, 6.45) is 5.55. The van der Waals surface area contributed by atoms with Gasteiger partial charge in [-0.15, -0.1) is 0 Å². The van der Waals surface area contributed by atoms with E-state index in [4.69, 9.17) is 4.74 Å². The van der Waals surface area contributed by atoms with E-state index in [1.807, 2.05) is 4.90 Å². The summed E-state index contributed by atoms with van der Waals surface area (Å²) in [4.78, 5) is 25.5. The molecule has 22 heavy (non-hydrogen) atoms. The summed E-state index contributed by atoms with van der Waals surface area (Å²) in [5.74, 6) is 0.733. The number of esters is 1. The fraction of sp³-hybridized carbons (Fsp3) is 0.688. The molecular weight excluding hydrogens is 282 g/mol. The lowest BCUT2D eigenvalue weighted by Gasteiger charge is -2.24. The minimum atomic E-state index is -0.420. The number of nitrogens with zero attached hydrogens (tertiary/aromatic N) is 2. The molecule has 0 saturated carbocycles. The standard InChI is InChI=1S/C16H25N3O3/c1-13(2)15(20)22-12-8-17-16(21)19-11-6-10-18-9-5-3-4-7-14(18)19/h1,3-12H2,2H3/p+1. The van der Waals surface area contributed by atoms with E-state index in [9.17, 15) is 9.59 Å². The third kappa shape index (κ3) is 4.32. The second-order valence-corrected chi connectivity index (χ2v) is 5.87. The molecule has 6 nitrogen and oxygen atoms in total. The van der Waals surface area contributed by atoms with E-state index in [2.05, 4.69) is 16.5 Å². The molecule has 2 rings (SSSR count). The van der Waals surface area contributed by atoms with Crippen LogP contribution >= 0.6 is 0 Å². The van der Waals surface area contributed by atoms with E-state index in [0.717, 1.165) is 44.7 Å². The Morgan fingerprint density at radius 2 is 2.05 bits per heavy atom. The predicted octanol–water partition coefficient (Wildman–Crippen LogP) is 1.51. The molecule has 0 aliphatic carbocycles. The van der Waals surface area contributed by atoms with Gasteiger partial charge in [0.25, 0.3) is 5.84 Å². The van der Waals surface area contributed by atoms with Crippen LogP contribution in [0.3, 0.4) is 0 Å². The monoisotopic (exact) mass is 308 g/mol. The van der Waals surface area contributed by atoms with Gasteiger partial charge in [-0.3, -0.25) is 4.58 Å². The van der Waals surface area contributed by atoms with Gasteiger partial charge in [-0.05, 0) is 26.2 Å². The minimum absolute atomic E-state index is 0.0898. The van der Waals surface area contributed by atoms with Gasteiger partial charge >= 0.3 is 12.0 Å². The summed E-state index contributed by atoms with van der Waals surface area (Å²) in [5, 5.41) is 2.83. The van der Waals surface area contributed by atoms with Crippen molar-refractivity contribution >= 4 is 17.8 Å². The summed E-state index contributed by atoms with van der Waals surface area (Å²) in [6.45, 7) is 8.48. The van der Waals surface area contributed by atoms with Crippen molar-refractivity contribution in [2.75, 3.05) is 32.8 Å². The molecule has 0 atom stereocenters. The maximum Gasteiger partial charge on any atom is 0.408 e. The second-order valence-electron chi connectivity index (χ2n) is 5.87. The average molecular weight is 308 g/mol. The molecule has 1 N–H and O–H groups in total. The highest BCUT2D eigenvalue weighted by Gasteiger charge is 2.33. The Morgan fingerprint density at radius 3 is 2.82 bits per heavy atom. The first-order chi connectivity index (χ1) is 10.6. The number of nitrogens with one attached hydrogen (secondary N) is 1. The number of ether oxygens (including phenoxy) is 1. The first-order valence-electron chi connectivity index (χ1n) is 8.08. The van der Waals surface area contributed by atoms with E-state index in [1.165, 1.54) is 12.8 Å². The molecule has 0 aromatic heterocycles. The Kier molecular flexibility index (Phi) is 5.98. The van der Waals surface area contributed by atoms with Crippen LogP contribution in [0.25, 0.3) is 0 Å². The number of amides is 2. The van der Waals surface area contributed by atoms with Gasteiger partial charge in [0.15, 0.2) is 0 Å².